The van der Waals surface area contributed by atoms with E-state index in [2.05, 4.69) is 0 Å². The van der Waals surface area contributed by atoms with Gasteiger partial charge in [0.2, 0.25) is 0 Å². The minimum absolute atomic E-state index is 0.0417. The average Bonchev–Trinajstić information content (AvgIpc) is 2.63. The standard InChI is InChI=1S/C7H13NO2.C5H12O/c1-5(4-9)7-6(8)2-3-10-7;1-5(2,3)6-4/h4-7H,2-3,8H2,1H3;1-4H3/t5?,6?,7-;/m1./s1. The molecule has 4 heteroatoms. The number of hydrogen-bond donors (Lipinski definition) is 1. The smallest absolute Gasteiger partial charge is 0.125 e. The molecule has 0 aliphatic carbocycles. The zero-order valence-corrected chi connectivity index (χ0v) is 11.0. The van der Waals surface area contributed by atoms with Crippen molar-refractivity contribution >= 4 is 6.29 Å². The second kappa shape index (κ2) is 6.99. The van der Waals surface area contributed by atoms with Crippen LogP contribution in [0.3, 0.4) is 0 Å². The van der Waals surface area contributed by atoms with E-state index in [0.29, 0.717) is 6.61 Å². The Morgan fingerprint density at radius 2 is 2.00 bits per heavy atom. The second-order valence-electron chi connectivity index (χ2n) is 5.10. The normalized spacial score (nSPS) is 26.9. The average molecular weight is 231 g/mol. The molecule has 1 fully saturated rings. The molecule has 0 amide bonds. The number of hydrogen-bond acceptors (Lipinski definition) is 4. The second-order valence-corrected chi connectivity index (χ2v) is 5.10. The summed E-state index contributed by atoms with van der Waals surface area (Å²) < 4.78 is 10.2. The van der Waals surface area contributed by atoms with E-state index in [1.807, 2.05) is 27.7 Å². The molecule has 0 spiro atoms. The van der Waals surface area contributed by atoms with E-state index in [1.54, 1.807) is 7.11 Å². The number of carbonyl (C=O) groups is 1. The third-order valence-corrected chi connectivity index (χ3v) is 2.53. The van der Waals surface area contributed by atoms with Crippen LogP contribution in [0.1, 0.15) is 34.1 Å². The van der Waals surface area contributed by atoms with Crippen molar-refractivity contribution in [1.82, 2.24) is 0 Å². The van der Waals surface area contributed by atoms with Gasteiger partial charge >= 0.3 is 0 Å². The molecule has 1 saturated heterocycles. The van der Waals surface area contributed by atoms with Gasteiger partial charge in [0, 0.05) is 25.7 Å². The molecule has 1 heterocycles. The zero-order valence-electron chi connectivity index (χ0n) is 11.0. The summed E-state index contributed by atoms with van der Waals surface area (Å²) in [5.41, 5.74) is 5.71. The van der Waals surface area contributed by atoms with Gasteiger partial charge in [-0.3, -0.25) is 0 Å². The molecule has 0 aromatic rings. The molecule has 4 nitrogen and oxygen atoms in total. The van der Waals surface area contributed by atoms with Crippen molar-refractivity contribution in [3.63, 3.8) is 0 Å². The molecule has 1 aliphatic rings. The van der Waals surface area contributed by atoms with Crippen LogP contribution in [0.5, 0.6) is 0 Å². The number of ether oxygens (including phenoxy) is 2. The first-order chi connectivity index (χ1) is 7.31. The molecule has 96 valence electrons. The van der Waals surface area contributed by atoms with Gasteiger partial charge in [0.1, 0.15) is 6.29 Å². The Morgan fingerprint density at radius 3 is 2.25 bits per heavy atom. The van der Waals surface area contributed by atoms with Crippen molar-refractivity contribution in [3.05, 3.63) is 0 Å². The SMILES string of the molecule is CC(C=O)[C@H]1OCCC1N.COC(C)(C)C. The Balaban J connectivity index is 0.000000325. The Hall–Kier alpha value is -0.450. The number of carbonyl (C=O) groups excluding carboxylic acids is 1. The first-order valence-electron chi connectivity index (χ1n) is 5.69. The molecular weight excluding hydrogens is 206 g/mol. The predicted molar refractivity (Wildman–Crippen MR) is 64.3 cm³/mol. The van der Waals surface area contributed by atoms with E-state index in [4.69, 9.17) is 15.2 Å². The maximum Gasteiger partial charge on any atom is 0.125 e. The maximum atomic E-state index is 10.3. The van der Waals surface area contributed by atoms with Crippen LogP contribution in [0.25, 0.3) is 0 Å². The fourth-order valence-electron chi connectivity index (χ4n) is 1.25. The maximum absolute atomic E-state index is 10.3. The fourth-order valence-corrected chi connectivity index (χ4v) is 1.25. The first-order valence-corrected chi connectivity index (χ1v) is 5.69. The number of methoxy groups -OCH3 is 1. The monoisotopic (exact) mass is 231 g/mol. The van der Waals surface area contributed by atoms with E-state index >= 15 is 0 Å². The summed E-state index contributed by atoms with van der Waals surface area (Å²) in [6.45, 7) is 8.60. The summed E-state index contributed by atoms with van der Waals surface area (Å²) in [6.07, 6.45) is 1.73. The first kappa shape index (κ1) is 15.6. The van der Waals surface area contributed by atoms with Crippen LogP contribution in [-0.4, -0.2) is 37.7 Å². The van der Waals surface area contributed by atoms with Crippen LogP contribution >= 0.6 is 0 Å². The van der Waals surface area contributed by atoms with Crippen molar-refractivity contribution < 1.29 is 14.3 Å². The van der Waals surface area contributed by atoms with Crippen molar-refractivity contribution in [2.75, 3.05) is 13.7 Å². The van der Waals surface area contributed by atoms with Crippen LogP contribution < -0.4 is 5.73 Å². The largest absolute Gasteiger partial charge is 0.379 e. The third-order valence-electron chi connectivity index (χ3n) is 2.53. The molecule has 0 bridgehead atoms. The lowest BCUT2D eigenvalue weighted by Gasteiger charge is -2.16. The van der Waals surface area contributed by atoms with Gasteiger partial charge in [-0.1, -0.05) is 6.92 Å². The Morgan fingerprint density at radius 1 is 1.50 bits per heavy atom. The molecule has 3 atom stereocenters. The van der Waals surface area contributed by atoms with Crippen LogP contribution in [-0.2, 0) is 14.3 Å². The molecule has 2 unspecified atom stereocenters. The highest BCUT2D eigenvalue weighted by Gasteiger charge is 2.29. The van der Waals surface area contributed by atoms with Gasteiger partial charge in [-0.05, 0) is 27.2 Å². The summed E-state index contributed by atoms with van der Waals surface area (Å²) in [6, 6.07) is 0.0557. The van der Waals surface area contributed by atoms with E-state index in [0.717, 1.165) is 12.7 Å². The predicted octanol–water partition coefficient (Wildman–Crippen LogP) is 1.37. The lowest BCUT2D eigenvalue weighted by atomic mass is 10.0. The van der Waals surface area contributed by atoms with Crippen LogP contribution in [0.4, 0.5) is 0 Å². The molecule has 0 aromatic carbocycles. The molecule has 0 aromatic heterocycles. The number of aldehydes is 1. The van der Waals surface area contributed by atoms with Gasteiger partial charge in [0.05, 0.1) is 11.7 Å². The molecular formula is C12H25NO3. The molecule has 16 heavy (non-hydrogen) atoms. The van der Waals surface area contributed by atoms with Gasteiger partial charge in [0.25, 0.3) is 0 Å². The Labute approximate surface area is 98.5 Å². The molecule has 0 radical (unpaired) electrons. The molecule has 0 saturated carbocycles. The van der Waals surface area contributed by atoms with Gasteiger partial charge in [-0.15, -0.1) is 0 Å². The van der Waals surface area contributed by atoms with E-state index in [1.165, 1.54) is 0 Å². The highest BCUT2D eigenvalue weighted by atomic mass is 16.5. The summed E-state index contributed by atoms with van der Waals surface area (Å²) in [5.74, 6) is -0.0579. The van der Waals surface area contributed by atoms with Gasteiger partial charge in [-0.25, -0.2) is 0 Å². The number of rotatable bonds is 2. The summed E-state index contributed by atoms with van der Waals surface area (Å²) in [7, 11) is 1.71. The molecule has 1 aliphatic heterocycles. The van der Waals surface area contributed by atoms with Crippen LogP contribution in [0, 0.1) is 5.92 Å². The van der Waals surface area contributed by atoms with E-state index in [-0.39, 0.29) is 23.7 Å². The quantitative estimate of drug-likeness (QED) is 0.729. The number of nitrogens with two attached hydrogens (primary N) is 1. The Bertz CT molecular complexity index is 201. The zero-order chi connectivity index (χ0) is 12.8. The minimum Gasteiger partial charge on any atom is -0.379 e. The van der Waals surface area contributed by atoms with E-state index in [9.17, 15) is 4.79 Å². The van der Waals surface area contributed by atoms with Crippen molar-refractivity contribution in [2.45, 2.75) is 51.9 Å². The fraction of sp³-hybridized carbons (Fsp3) is 0.917. The summed E-state index contributed by atoms with van der Waals surface area (Å²) in [5, 5.41) is 0. The van der Waals surface area contributed by atoms with Crippen molar-refractivity contribution in [3.8, 4) is 0 Å². The van der Waals surface area contributed by atoms with Crippen molar-refractivity contribution in [2.24, 2.45) is 11.7 Å². The Kier molecular flexibility index (Phi) is 6.79. The van der Waals surface area contributed by atoms with Gasteiger partial charge in [-0.2, -0.15) is 0 Å². The highest BCUT2D eigenvalue weighted by molar-refractivity contribution is 5.54. The van der Waals surface area contributed by atoms with Gasteiger partial charge in [0.15, 0.2) is 0 Å². The summed E-state index contributed by atoms with van der Waals surface area (Å²) in [4.78, 5) is 10.3. The minimum atomic E-state index is -0.0579. The summed E-state index contributed by atoms with van der Waals surface area (Å²) >= 11 is 0. The topological polar surface area (TPSA) is 61.5 Å². The van der Waals surface area contributed by atoms with Crippen LogP contribution in [0.15, 0.2) is 0 Å². The molecule has 2 N–H and O–H groups in total. The van der Waals surface area contributed by atoms with Crippen molar-refractivity contribution in [1.29, 1.82) is 0 Å². The van der Waals surface area contributed by atoms with Gasteiger partial charge < -0.3 is 20.0 Å². The highest BCUT2D eigenvalue weighted by Crippen LogP contribution is 2.17. The molecule has 1 rings (SSSR count). The van der Waals surface area contributed by atoms with E-state index < -0.39 is 0 Å². The lowest BCUT2D eigenvalue weighted by molar-refractivity contribution is -0.114. The third kappa shape index (κ3) is 6.20. The van der Waals surface area contributed by atoms with Crippen LogP contribution in [0.2, 0.25) is 0 Å². The lowest BCUT2D eigenvalue weighted by Crippen LogP contribution is -2.35.